The lowest BCUT2D eigenvalue weighted by molar-refractivity contribution is 0.660. The van der Waals surface area contributed by atoms with Gasteiger partial charge in [0, 0.05) is 22.5 Å². The van der Waals surface area contributed by atoms with Crippen LogP contribution in [0.2, 0.25) is 0 Å². The fraction of sp³-hybridized carbons (Fsp3) is 0.0909. The molecular formula is C33H27N. The van der Waals surface area contributed by atoms with Gasteiger partial charge in [-0.15, -0.1) is 0 Å². The Morgan fingerprint density at radius 3 is 1.62 bits per heavy atom. The van der Waals surface area contributed by atoms with Crippen LogP contribution in [0.25, 0.3) is 22.3 Å². The molecule has 0 saturated carbocycles. The van der Waals surface area contributed by atoms with Crippen molar-refractivity contribution in [1.82, 2.24) is 0 Å². The Balaban J connectivity index is 1.67. The van der Waals surface area contributed by atoms with E-state index >= 15 is 0 Å². The molecule has 1 aliphatic carbocycles. The molecule has 0 atom stereocenters. The summed E-state index contributed by atoms with van der Waals surface area (Å²) in [5.74, 6) is 0. The molecule has 1 nitrogen and oxygen atoms in total. The van der Waals surface area contributed by atoms with Crippen molar-refractivity contribution >= 4 is 17.1 Å². The summed E-state index contributed by atoms with van der Waals surface area (Å²) in [6, 6.07) is 45.8. The van der Waals surface area contributed by atoms with Gasteiger partial charge in [0.25, 0.3) is 0 Å². The lowest BCUT2D eigenvalue weighted by atomic mass is 9.81. The van der Waals surface area contributed by atoms with Crippen molar-refractivity contribution in [2.24, 2.45) is 0 Å². The number of fused-ring (bicyclic) bond motifs is 3. The van der Waals surface area contributed by atoms with Gasteiger partial charge in [0.15, 0.2) is 0 Å². The van der Waals surface area contributed by atoms with Crippen molar-refractivity contribution in [3.8, 4) is 22.3 Å². The predicted molar refractivity (Wildman–Crippen MR) is 144 cm³/mol. The highest BCUT2D eigenvalue weighted by molar-refractivity contribution is 5.96. The van der Waals surface area contributed by atoms with E-state index in [9.17, 15) is 0 Å². The van der Waals surface area contributed by atoms with E-state index in [2.05, 4.69) is 146 Å². The first-order valence-electron chi connectivity index (χ1n) is 11.9. The molecule has 0 saturated heterocycles. The molecule has 0 N–H and O–H groups in total. The van der Waals surface area contributed by atoms with E-state index in [1.165, 1.54) is 39.1 Å². The van der Waals surface area contributed by atoms with E-state index in [0.29, 0.717) is 0 Å². The second-order valence-electron chi connectivity index (χ2n) is 9.46. The van der Waals surface area contributed by atoms with Gasteiger partial charge in [-0.1, -0.05) is 105 Å². The lowest BCUT2D eigenvalue weighted by Gasteiger charge is -2.29. The maximum Gasteiger partial charge on any atom is 0.0471 e. The molecule has 0 spiro atoms. The Morgan fingerprint density at radius 2 is 1.00 bits per heavy atom. The van der Waals surface area contributed by atoms with Crippen LogP contribution in [0.3, 0.4) is 0 Å². The van der Waals surface area contributed by atoms with Crippen LogP contribution in [0.15, 0.2) is 127 Å². The third-order valence-corrected chi connectivity index (χ3v) is 7.04. The van der Waals surface area contributed by atoms with Crippen LogP contribution >= 0.6 is 0 Å². The number of hydrogen-bond donors (Lipinski definition) is 0. The number of benzene rings is 5. The van der Waals surface area contributed by atoms with Crippen LogP contribution in [0.4, 0.5) is 17.1 Å². The van der Waals surface area contributed by atoms with Gasteiger partial charge >= 0.3 is 0 Å². The summed E-state index contributed by atoms with van der Waals surface area (Å²) >= 11 is 0. The molecule has 5 aromatic rings. The topological polar surface area (TPSA) is 3.24 Å². The molecule has 0 unspecified atom stereocenters. The number of nitrogens with zero attached hydrogens (tertiary/aromatic N) is 1. The molecule has 0 aromatic heterocycles. The van der Waals surface area contributed by atoms with Crippen LogP contribution in [-0.2, 0) is 5.41 Å². The molecule has 1 heteroatoms. The fourth-order valence-corrected chi connectivity index (χ4v) is 5.38. The summed E-state index contributed by atoms with van der Waals surface area (Å²) in [4.78, 5) is 2.37. The van der Waals surface area contributed by atoms with Crippen molar-refractivity contribution in [1.29, 1.82) is 0 Å². The molecule has 0 amide bonds. The zero-order valence-electron chi connectivity index (χ0n) is 19.6. The van der Waals surface area contributed by atoms with Crippen molar-refractivity contribution in [2.45, 2.75) is 19.3 Å². The lowest BCUT2D eigenvalue weighted by Crippen LogP contribution is -2.16. The van der Waals surface area contributed by atoms with Gasteiger partial charge in [0.2, 0.25) is 0 Å². The Morgan fingerprint density at radius 1 is 0.471 bits per heavy atom. The number of hydrogen-bond acceptors (Lipinski definition) is 1. The molecule has 1 aliphatic rings. The van der Waals surface area contributed by atoms with E-state index in [0.717, 1.165) is 11.4 Å². The summed E-state index contributed by atoms with van der Waals surface area (Å²) in [5.41, 5.74) is 11.4. The molecule has 34 heavy (non-hydrogen) atoms. The molecule has 0 heterocycles. The Bertz CT molecular complexity index is 1410. The Kier molecular flexibility index (Phi) is 4.85. The van der Waals surface area contributed by atoms with Crippen molar-refractivity contribution in [3.63, 3.8) is 0 Å². The average molecular weight is 438 g/mol. The molecule has 0 fully saturated rings. The van der Waals surface area contributed by atoms with E-state index in [1.54, 1.807) is 0 Å². The van der Waals surface area contributed by atoms with Crippen LogP contribution in [0, 0.1) is 0 Å². The largest absolute Gasteiger partial charge is 0.310 e. The Labute approximate surface area is 202 Å². The van der Waals surface area contributed by atoms with Gasteiger partial charge in [-0.3, -0.25) is 0 Å². The van der Waals surface area contributed by atoms with Gasteiger partial charge in [-0.05, 0) is 69.8 Å². The van der Waals surface area contributed by atoms with E-state index in [-0.39, 0.29) is 5.41 Å². The third-order valence-electron chi connectivity index (χ3n) is 7.04. The third kappa shape index (κ3) is 3.24. The first-order chi connectivity index (χ1) is 16.6. The first-order valence-corrected chi connectivity index (χ1v) is 11.9. The summed E-state index contributed by atoms with van der Waals surface area (Å²) < 4.78 is 0. The van der Waals surface area contributed by atoms with E-state index in [4.69, 9.17) is 0 Å². The molecule has 0 aliphatic heterocycles. The van der Waals surface area contributed by atoms with Gasteiger partial charge in [-0.25, -0.2) is 0 Å². The van der Waals surface area contributed by atoms with E-state index < -0.39 is 0 Å². The molecular weight excluding hydrogens is 410 g/mol. The standard InChI is InChI=1S/C33H27N/c1-33(2)30-21-13-12-20-28(30)32-29(24-14-6-3-7-15-24)22-27(23-31(32)33)34(25-16-8-4-9-17-25)26-18-10-5-11-19-26/h3-23H,1-2H3. The van der Waals surface area contributed by atoms with Crippen molar-refractivity contribution in [3.05, 3.63) is 139 Å². The van der Waals surface area contributed by atoms with Crippen LogP contribution in [-0.4, -0.2) is 0 Å². The first kappa shape index (κ1) is 20.5. The predicted octanol–water partition coefficient (Wildman–Crippen LogP) is 9.13. The highest BCUT2D eigenvalue weighted by Gasteiger charge is 2.37. The highest BCUT2D eigenvalue weighted by Crippen LogP contribution is 2.54. The van der Waals surface area contributed by atoms with E-state index in [1.807, 2.05) is 0 Å². The van der Waals surface area contributed by atoms with Crippen LogP contribution in [0.1, 0.15) is 25.0 Å². The van der Waals surface area contributed by atoms with Gasteiger partial charge < -0.3 is 4.90 Å². The maximum atomic E-state index is 2.40. The minimum Gasteiger partial charge on any atom is -0.310 e. The quantitative estimate of drug-likeness (QED) is 0.271. The molecule has 6 rings (SSSR count). The summed E-state index contributed by atoms with van der Waals surface area (Å²) in [5, 5.41) is 0. The van der Waals surface area contributed by atoms with Crippen molar-refractivity contribution in [2.75, 3.05) is 4.90 Å². The maximum absolute atomic E-state index is 2.40. The van der Waals surface area contributed by atoms with Crippen molar-refractivity contribution < 1.29 is 0 Å². The van der Waals surface area contributed by atoms with Crippen LogP contribution in [0.5, 0.6) is 0 Å². The zero-order valence-corrected chi connectivity index (χ0v) is 19.6. The summed E-state index contributed by atoms with van der Waals surface area (Å²) in [7, 11) is 0. The normalized spacial score (nSPS) is 13.2. The number of anilines is 3. The SMILES string of the molecule is CC1(C)c2ccccc2-c2c(-c3ccccc3)cc(N(c3ccccc3)c3ccccc3)cc21. The second-order valence-corrected chi connectivity index (χ2v) is 9.46. The monoisotopic (exact) mass is 437 g/mol. The van der Waals surface area contributed by atoms with Crippen LogP contribution < -0.4 is 4.90 Å². The highest BCUT2D eigenvalue weighted by atomic mass is 15.1. The average Bonchev–Trinajstić information content (AvgIpc) is 3.13. The summed E-state index contributed by atoms with van der Waals surface area (Å²) in [6.07, 6.45) is 0. The minimum atomic E-state index is -0.0789. The molecule has 5 aromatic carbocycles. The number of rotatable bonds is 4. The van der Waals surface area contributed by atoms with Gasteiger partial charge in [0.1, 0.15) is 0 Å². The van der Waals surface area contributed by atoms with Gasteiger partial charge in [0.05, 0.1) is 0 Å². The molecule has 164 valence electrons. The second kappa shape index (κ2) is 8.04. The van der Waals surface area contributed by atoms with Gasteiger partial charge in [-0.2, -0.15) is 0 Å². The minimum absolute atomic E-state index is 0.0789. The fourth-order valence-electron chi connectivity index (χ4n) is 5.38. The zero-order chi connectivity index (χ0) is 23.1. The molecule has 0 radical (unpaired) electrons. The molecule has 0 bridgehead atoms. The number of para-hydroxylation sites is 2. The smallest absolute Gasteiger partial charge is 0.0471 e. The Hall–Kier alpha value is -4.10. The summed E-state index contributed by atoms with van der Waals surface area (Å²) in [6.45, 7) is 4.71.